The van der Waals surface area contributed by atoms with E-state index in [0.29, 0.717) is 0 Å². The lowest BCUT2D eigenvalue weighted by atomic mass is 9.96. The number of methoxy groups -OCH3 is 1. The van der Waals surface area contributed by atoms with Gasteiger partial charge in [-0.1, -0.05) is 67.6 Å². The molecule has 3 aromatic carbocycles. The fraction of sp³-hybridized carbons (Fsp3) is 0.111. The van der Waals surface area contributed by atoms with E-state index in [1.807, 2.05) is 36.4 Å². The molecule has 0 saturated heterocycles. The van der Waals surface area contributed by atoms with E-state index >= 15 is 0 Å². The Kier molecular flexibility index (Phi) is 5.30. The van der Waals surface area contributed by atoms with E-state index in [1.165, 1.54) is 5.56 Å². The summed E-state index contributed by atoms with van der Waals surface area (Å²) < 4.78 is 5.75. The molecule has 5 aromatic rings. The summed E-state index contributed by atoms with van der Waals surface area (Å²) in [5, 5.41) is 15.5. The standard InChI is InChI=1S/C27H24N4O/c1-3-18-14-27(32-2)22(26-17-24(29-31-26)20-12-8-5-9-13-20)15-21(18)25-16-23(28-30-25)19-10-6-4-7-11-19/h4-17H,3H2,1-2H3,(H,28,30)(H,29,31). The van der Waals surface area contributed by atoms with Crippen molar-refractivity contribution in [2.45, 2.75) is 13.3 Å². The van der Waals surface area contributed by atoms with E-state index in [1.54, 1.807) is 7.11 Å². The van der Waals surface area contributed by atoms with Crippen LogP contribution in [-0.4, -0.2) is 27.5 Å². The third kappa shape index (κ3) is 3.69. The van der Waals surface area contributed by atoms with E-state index in [-0.39, 0.29) is 0 Å². The van der Waals surface area contributed by atoms with Crippen LogP contribution in [0.4, 0.5) is 0 Å². The maximum absolute atomic E-state index is 5.75. The van der Waals surface area contributed by atoms with Crippen LogP contribution in [0.1, 0.15) is 12.5 Å². The topological polar surface area (TPSA) is 66.6 Å². The van der Waals surface area contributed by atoms with Gasteiger partial charge in [0.25, 0.3) is 0 Å². The first kappa shape index (κ1) is 19.8. The second kappa shape index (κ2) is 8.55. The summed E-state index contributed by atoms with van der Waals surface area (Å²) in [4.78, 5) is 0. The number of ether oxygens (including phenoxy) is 1. The molecule has 2 aromatic heterocycles. The Labute approximate surface area is 187 Å². The van der Waals surface area contributed by atoms with Crippen LogP contribution >= 0.6 is 0 Å². The summed E-state index contributed by atoms with van der Waals surface area (Å²) in [6.45, 7) is 2.15. The van der Waals surface area contributed by atoms with Crippen molar-refractivity contribution in [3.63, 3.8) is 0 Å². The zero-order chi connectivity index (χ0) is 21.9. The van der Waals surface area contributed by atoms with Gasteiger partial charge in [0.15, 0.2) is 0 Å². The van der Waals surface area contributed by atoms with E-state index in [9.17, 15) is 0 Å². The predicted octanol–water partition coefficient (Wildman–Crippen LogP) is 6.37. The summed E-state index contributed by atoms with van der Waals surface area (Å²) in [5.74, 6) is 0.816. The molecule has 0 radical (unpaired) electrons. The molecular weight excluding hydrogens is 396 g/mol. The molecule has 0 aliphatic carbocycles. The number of aromatic amines is 2. The highest BCUT2D eigenvalue weighted by Gasteiger charge is 2.17. The van der Waals surface area contributed by atoms with Crippen LogP contribution in [0.25, 0.3) is 45.0 Å². The molecule has 0 unspecified atom stereocenters. The molecule has 0 fully saturated rings. The van der Waals surface area contributed by atoms with Gasteiger partial charge in [0, 0.05) is 22.3 Å². The molecule has 0 saturated carbocycles. The second-order valence-corrected chi connectivity index (χ2v) is 7.63. The molecule has 0 atom stereocenters. The summed E-state index contributed by atoms with van der Waals surface area (Å²) in [5.41, 5.74) is 9.13. The summed E-state index contributed by atoms with van der Waals surface area (Å²) in [6, 6.07) is 28.8. The molecule has 5 heteroatoms. The summed E-state index contributed by atoms with van der Waals surface area (Å²) in [6.07, 6.45) is 0.879. The predicted molar refractivity (Wildman–Crippen MR) is 128 cm³/mol. The SMILES string of the molecule is CCc1cc(OC)c(-c2cc(-c3ccccc3)n[nH]2)cc1-c1cc(-c2ccccc2)n[nH]1. The zero-order valence-electron chi connectivity index (χ0n) is 18.1. The van der Waals surface area contributed by atoms with E-state index in [0.717, 1.165) is 57.2 Å². The minimum absolute atomic E-state index is 0.816. The number of aryl methyl sites for hydroxylation is 1. The van der Waals surface area contributed by atoms with Crippen molar-refractivity contribution in [2.24, 2.45) is 0 Å². The van der Waals surface area contributed by atoms with Crippen molar-refractivity contribution in [3.8, 4) is 50.8 Å². The lowest BCUT2D eigenvalue weighted by Crippen LogP contribution is -1.95. The quantitative estimate of drug-likeness (QED) is 0.335. The maximum atomic E-state index is 5.75. The summed E-state index contributed by atoms with van der Waals surface area (Å²) >= 11 is 0. The van der Waals surface area contributed by atoms with Crippen LogP contribution in [0.5, 0.6) is 5.75 Å². The van der Waals surface area contributed by atoms with Gasteiger partial charge >= 0.3 is 0 Å². The fourth-order valence-electron chi connectivity index (χ4n) is 3.98. The average Bonchev–Trinajstić information content (AvgIpc) is 3.55. The second-order valence-electron chi connectivity index (χ2n) is 7.63. The van der Waals surface area contributed by atoms with E-state index in [2.05, 4.69) is 75.8 Å². The molecule has 5 rings (SSSR count). The highest BCUT2D eigenvalue weighted by Crippen LogP contribution is 2.38. The number of aromatic nitrogens is 4. The van der Waals surface area contributed by atoms with Crippen LogP contribution in [0, 0.1) is 0 Å². The molecule has 158 valence electrons. The minimum Gasteiger partial charge on any atom is -0.496 e. The van der Waals surface area contributed by atoms with Gasteiger partial charge in [0.05, 0.1) is 29.9 Å². The first-order valence-corrected chi connectivity index (χ1v) is 10.7. The molecule has 0 spiro atoms. The van der Waals surface area contributed by atoms with E-state index in [4.69, 9.17) is 4.74 Å². The van der Waals surface area contributed by atoms with Crippen molar-refractivity contribution < 1.29 is 4.74 Å². The number of nitrogens with zero attached hydrogens (tertiary/aromatic N) is 2. The number of benzene rings is 3. The number of nitrogens with one attached hydrogen (secondary N) is 2. The zero-order valence-corrected chi connectivity index (χ0v) is 18.1. The number of hydrogen-bond donors (Lipinski definition) is 2. The van der Waals surface area contributed by atoms with Gasteiger partial charge in [-0.3, -0.25) is 10.2 Å². The van der Waals surface area contributed by atoms with Gasteiger partial charge < -0.3 is 4.74 Å². The Morgan fingerprint density at radius 2 is 1.22 bits per heavy atom. The van der Waals surface area contributed by atoms with Gasteiger partial charge in [-0.2, -0.15) is 10.2 Å². The number of rotatable bonds is 6. The smallest absolute Gasteiger partial charge is 0.128 e. The van der Waals surface area contributed by atoms with Crippen LogP contribution in [0.15, 0.2) is 84.9 Å². The van der Waals surface area contributed by atoms with E-state index < -0.39 is 0 Å². The Hall–Kier alpha value is -4.12. The van der Waals surface area contributed by atoms with Crippen molar-refractivity contribution in [2.75, 3.05) is 7.11 Å². The molecule has 0 amide bonds. The van der Waals surface area contributed by atoms with Crippen LogP contribution in [-0.2, 0) is 6.42 Å². The molecule has 2 N–H and O–H groups in total. The monoisotopic (exact) mass is 420 g/mol. The third-order valence-electron chi connectivity index (χ3n) is 5.68. The minimum atomic E-state index is 0.816. The number of hydrogen-bond acceptors (Lipinski definition) is 3. The average molecular weight is 421 g/mol. The van der Waals surface area contributed by atoms with Crippen LogP contribution in [0.2, 0.25) is 0 Å². The maximum Gasteiger partial charge on any atom is 0.128 e. The molecule has 0 aliphatic rings. The Balaban J connectivity index is 1.59. The Morgan fingerprint density at radius 3 is 1.72 bits per heavy atom. The van der Waals surface area contributed by atoms with Crippen molar-refractivity contribution >= 4 is 0 Å². The van der Waals surface area contributed by atoms with Crippen molar-refractivity contribution in [1.82, 2.24) is 20.4 Å². The van der Waals surface area contributed by atoms with Gasteiger partial charge in [-0.15, -0.1) is 0 Å². The third-order valence-corrected chi connectivity index (χ3v) is 5.68. The van der Waals surface area contributed by atoms with Gasteiger partial charge in [0.2, 0.25) is 0 Å². The normalized spacial score (nSPS) is 10.9. The highest BCUT2D eigenvalue weighted by molar-refractivity contribution is 5.80. The molecular formula is C27H24N4O. The first-order valence-electron chi connectivity index (χ1n) is 10.7. The van der Waals surface area contributed by atoms with Crippen LogP contribution < -0.4 is 4.74 Å². The van der Waals surface area contributed by atoms with Crippen molar-refractivity contribution in [1.29, 1.82) is 0 Å². The molecule has 0 aliphatic heterocycles. The Morgan fingerprint density at radius 1 is 0.688 bits per heavy atom. The molecule has 32 heavy (non-hydrogen) atoms. The van der Waals surface area contributed by atoms with Gasteiger partial charge in [-0.05, 0) is 36.2 Å². The molecule has 2 heterocycles. The highest BCUT2D eigenvalue weighted by atomic mass is 16.5. The largest absolute Gasteiger partial charge is 0.496 e. The number of H-pyrrole nitrogens is 2. The van der Waals surface area contributed by atoms with Crippen molar-refractivity contribution in [3.05, 3.63) is 90.5 Å². The first-order chi connectivity index (χ1) is 15.8. The molecule has 5 nitrogen and oxygen atoms in total. The van der Waals surface area contributed by atoms with Gasteiger partial charge in [-0.25, -0.2) is 0 Å². The molecule has 0 bridgehead atoms. The lowest BCUT2D eigenvalue weighted by Gasteiger charge is -2.13. The van der Waals surface area contributed by atoms with Gasteiger partial charge in [0.1, 0.15) is 5.75 Å². The Bertz CT molecular complexity index is 1240. The lowest BCUT2D eigenvalue weighted by molar-refractivity contribution is 0.416. The summed E-state index contributed by atoms with van der Waals surface area (Å²) in [7, 11) is 1.70. The van der Waals surface area contributed by atoms with Crippen LogP contribution in [0.3, 0.4) is 0 Å². The fourth-order valence-corrected chi connectivity index (χ4v) is 3.98.